The lowest BCUT2D eigenvalue weighted by atomic mass is 10.2. The third kappa shape index (κ3) is 4.16. The van der Waals surface area contributed by atoms with Crippen LogP contribution < -0.4 is 0 Å². The predicted molar refractivity (Wildman–Crippen MR) is 61.7 cm³/mol. The normalized spacial score (nSPS) is 10.8. The minimum atomic E-state index is -3.56. The number of ether oxygens (including phenoxy) is 1. The Labute approximate surface area is 104 Å². The smallest absolute Gasteiger partial charge is 0.329 e. The summed E-state index contributed by atoms with van der Waals surface area (Å²) in [6.45, 7) is -0.737. The predicted octanol–water partition coefficient (Wildman–Crippen LogP) is 0.433. The van der Waals surface area contributed by atoms with E-state index in [1.165, 1.54) is 24.3 Å². The third-order valence-electron chi connectivity index (χ3n) is 2.04. The molecule has 0 bridgehead atoms. The summed E-state index contributed by atoms with van der Waals surface area (Å²) in [4.78, 5) is 10.2. The number of carboxylic acids is 1. The number of benzene rings is 1. The van der Waals surface area contributed by atoms with Gasteiger partial charge < -0.3 is 9.84 Å². The Hall–Kier alpha value is -1.91. The minimum Gasteiger partial charge on any atom is -0.480 e. The van der Waals surface area contributed by atoms with Crippen molar-refractivity contribution in [2.45, 2.75) is 4.90 Å². The average Bonchev–Trinajstić information content (AvgIpc) is 2.34. The highest BCUT2D eigenvalue weighted by Crippen LogP contribution is 2.12. The SMILES string of the molecule is N#Cc1cccc(S(=O)(=O)CCOCC(=O)O)c1. The van der Waals surface area contributed by atoms with Gasteiger partial charge in [0.05, 0.1) is 28.9 Å². The second kappa shape index (κ2) is 6.14. The number of rotatable bonds is 6. The maximum absolute atomic E-state index is 11.8. The van der Waals surface area contributed by atoms with Gasteiger partial charge in [-0.15, -0.1) is 0 Å². The van der Waals surface area contributed by atoms with Crippen LogP contribution in [0.1, 0.15) is 5.56 Å². The Morgan fingerprint density at radius 1 is 1.44 bits per heavy atom. The van der Waals surface area contributed by atoms with Gasteiger partial charge in [-0.25, -0.2) is 13.2 Å². The number of nitriles is 1. The average molecular weight is 269 g/mol. The summed E-state index contributed by atoms with van der Waals surface area (Å²) >= 11 is 0. The molecule has 0 aliphatic heterocycles. The molecular weight excluding hydrogens is 258 g/mol. The summed E-state index contributed by atoms with van der Waals surface area (Å²) in [6.07, 6.45) is 0. The van der Waals surface area contributed by atoms with Crippen LogP contribution in [0.5, 0.6) is 0 Å². The summed E-state index contributed by atoms with van der Waals surface area (Å²) < 4.78 is 28.3. The molecule has 18 heavy (non-hydrogen) atoms. The van der Waals surface area contributed by atoms with Gasteiger partial charge >= 0.3 is 5.97 Å². The second-order valence-corrected chi connectivity index (χ2v) is 5.51. The molecule has 1 rings (SSSR count). The molecule has 0 aliphatic carbocycles. The van der Waals surface area contributed by atoms with Crippen molar-refractivity contribution in [1.29, 1.82) is 5.26 Å². The highest BCUT2D eigenvalue weighted by molar-refractivity contribution is 7.91. The van der Waals surface area contributed by atoms with Gasteiger partial charge in [-0.05, 0) is 18.2 Å². The molecule has 1 aromatic rings. The van der Waals surface area contributed by atoms with Gasteiger partial charge in [0.2, 0.25) is 0 Å². The fourth-order valence-corrected chi connectivity index (χ4v) is 2.37. The molecule has 1 aromatic carbocycles. The first-order chi connectivity index (χ1) is 8.45. The molecule has 96 valence electrons. The highest BCUT2D eigenvalue weighted by Gasteiger charge is 2.14. The monoisotopic (exact) mass is 269 g/mol. The number of hydrogen-bond donors (Lipinski definition) is 1. The van der Waals surface area contributed by atoms with Crippen LogP contribution >= 0.6 is 0 Å². The first-order valence-corrected chi connectivity index (χ1v) is 6.63. The van der Waals surface area contributed by atoms with Crippen LogP contribution in [0.25, 0.3) is 0 Å². The summed E-state index contributed by atoms with van der Waals surface area (Å²) in [7, 11) is -3.56. The Kier molecular flexibility index (Phi) is 4.83. The Bertz CT molecular complexity index is 573. The van der Waals surface area contributed by atoms with Gasteiger partial charge in [0.1, 0.15) is 6.61 Å². The molecule has 0 amide bonds. The molecule has 0 heterocycles. The van der Waals surface area contributed by atoms with E-state index in [4.69, 9.17) is 10.4 Å². The lowest BCUT2D eigenvalue weighted by molar-refractivity contribution is -0.142. The number of carboxylic acid groups (broad SMARTS) is 1. The van der Waals surface area contributed by atoms with Gasteiger partial charge in [0.15, 0.2) is 9.84 Å². The molecule has 0 spiro atoms. The van der Waals surface area contributed by atoms with E-state index in [1.807, 2.05) is 6.07 Å². The zero-order valence-corrected chi connectivity index (χ0v) is 10.2. The lowest BCUT2D eigenvalue weighted by Crippen LogP contribution is -2.15. The van der Waals surface area contributed by atoms with Crippen molar-refractivity contribution in [2.75, 3.05) is 19.0 Å². The van der Waals surface area contributed by atoms with Crippen molar-refractivity contribution in [2.24, 2.45) is 0 Å². The summed E-state index contributed by atoms with van der Waals surface area (Å²) in [6, 6.07) is 7.48. The third-order valence-corrected chi connectivity index (χ3v) is 3.72. The van der Waals surface area contributed by atoms with Crippen molar-refractivity contribution in [3.63, 3.8) is 0 Å². The molecular formula is C11H11NO5S. The molecule has 0 aliphatic rings. The number of carbonyl (C=O) groups is 1. The fraction of sp³-hybridized carbons (Fsp3) is 0.273. The fourth-order valence-electron chi connectivity index (χ4n) is 1.21. The van der Waals surface area contributed by atoms with Crippen LogP contribution in [-0.4, -0.2) is 38.5 Å². The van der Waals surface area contributed by atoms with E-state index in [9.17, 15) is 13.2 Å². The Morgan fingerprint density at radius 2 is 2.17 bits per heavy atom. The van der Waals surface area contributed by atoms with E-state index in [0.717, 1.165) is 0 Å². The molecule has 1 N–H and O–H groups in total. The zero-order valence-electron chi connectivity index (χ0n) is 9.37. The maximum atomic E-state index is 11.8. The molecule has 0 aromatic heterocycles. The summed E-state index contributed by atoms with van der Waals surface area (Å²) in [5.74, 6) is -1.48. The van der Waals surface area contributed by atoms with Crippen molar-refractivity contribution < 1.29 is 23.1 Å². The Morgan fingerprint density at radius 3 is 2.78 bits per heavy atom. The highest BCUT2D eigenvalue weighted by atomic mass is 32.2. The van der Waals surface area contributed by atoms with Crippen LogP contribution in [0.2, 0.25) is 0 Å². The van der Waals surface area contributed by atoms with Crippen molar-refractivity contribution in [3.05, 3.63) is 29.8 Å². The molecule has 0 radical (unpaired) electrons. The van der Waals surface area contributed by atoms with Crippen LogP contribution in [0.4, 0.5) is 0 Å². The van der Waals surface area contributed by atoms with Crippen LogP contribution in [0.15, 0.2) is 29.2 Å². The van der Waals surface area contributed by atoms with Crippen LogP contribution in [0.3, 0.4) is 0 Å². The number of aliphatic carboxylic acids is 1. The molecule has 0 unspecified atom stereocenters. The standard InChI is InChI=1S/C11H11NO5S/c12-7-9-2-1-3-10(6-9)18(15,16)5-4-17-8-11(13)14/h1-3,6H,4-5,8H2,(H,13,14). The quantitative estimate of drug-likeness (QED) is 0.751. The van der Waals surface area contributed by atoms with E-state index in [1.54, 1.807) is 0 Å². The van der Waals surface area contributed by atoms with Crippen LogP contribution in [0, 0.1) is 11.3 Å². The number of sulfone groups is 1. The topological polar surface area (TPSA) is 104 Å². The van der Waals surface area contributed by atoms with E-state index in [2.05, 4.69) is 4.74 Å². The van der Waals surface area contributed by atoms with E-state index in [0.29, 0.717) is 0 Å². The van der Waals surface area contributed by atoms with Crippen molar-refractivity contribution >= 4 is 15.8 Å². The minimum absolute atomic E-state index is 0.0282. The summed E-state index contributed by atoms with van der Waals surface area (Å²) in [5, 5.41) is 17.0. The number of nitrogens with zero attached hydrogens (tertiary/aromatic N) is 1. The molecule has 6 nitrogen and oxygen atoms in total. The molecule has 7 heteroatoms. The molecule has 0 saturated heterocycles. The molecule has 0 atom stereocenters. The number of hydrogen-bond acceptors (Lipinski definition) is 5. The zero-order chi connectivity index (χ0) is 13.6. The molecule has 0 fully saturated rings. The van der Waals surface area contributed by atoms with Gasteiger partial charge in [-0.2, -0.15) is 5.26 Å². The van der Waals surface area contributed by atoms with Gasteiger partial charge in [0.25, 0.3) is 0 Å². The second-order valence-electron chi connectivity index (χ2n) is 3.40. The van der Waals surface area contributed by atoms with Gasteiger partial charge in [-0.1, -0.05) is 6.07 Å². The largest absolute Gasteiger partial charge is 0.480 e. The maximum Gasteiger partial charge on any atom is 0.329 e. The summed E-state index contributed by atoms with van der Waals surface area (Å²) in [5.41, 5.74) is 0.252. The molecule has 0 saturated carbocycles. The van der Waals surface area contributed by atoms with Crippen molar-refractivity contribution in [3.8, 4) is 6.07 Å². The van der Waals surface area contributed by atoms with E-state index in [-0.39, 0.29) is 22.8 Å². The van der Waals surface area contributed by atoms with Crippen molar-refractivity contribution in [1.82, 2.24) is 0 Å². The van der Waals surface area contributed by atoms with Crippen LogP contribution in [-0.2, 0) is 19.4 Å². The van der Waals surface area contributed by atoms with E-state index < -0.39 is 22.4 Å². The lowest BCUT2D eigenvalue weighted by Gasteiger charge is -2.04. The van der Waals surface area contributed by atoms with Gasteiger partial charge in [0, 0.05) is 0 Å². The van der Waals surface area contributed by atoms with E-state index >= 15 is 0 Å². The first kappa shape index (κ1) is 14.2. The van der Waals surface area contributed by atoms with Gasteiger partial charge in [-0.3, -0.25) is 0 Å². The first-order valence-electron chi connectivity index (χ1n) is 4.98. The Balaban J connectivity index is 2.69.